The highest BCUT2D eigenvalue weighted by atomic mass is 16.4. The van der Waals surface area contributed by atoms with Crippen LogP contribution in [0.15, 0.2) is 30.3 Å². The van der Waals surface area contributed by atoms with E-state index in [2.05, 4.69) is 0 Å². The molecule has 9 heteroatoms. The van der Waals surface area contributed by atoms with E-state index < -0.39 is 46.3 Å². The largest absolute Gasteiger partial charge is 0.506 e. The summed E-state index contributed by atoms with van der Waals surface area (Å²) in [5, 5.41) is 46.4. The molecule has 0 aromatic heterocycles. The molecule has 128 valence electrons. The van der Waals surface area contributed by atoms with E-state index in [4.69, 9.17) is 15.3 Å². The van der Waals surface area contributed by atoms with Crippen LogP contribution < -0.4 is 0 Å². The Balaban J connectivity index is 2.84. The molecular formula is C16H10O9. The van der Waals surface area contributed by atoms with Gasteiger partial charge in [-0.15, -0.1) is 0 Å². The smallest absolute Gasteiger partial charge is 0.340 e. The van der Waals surface area contributed by atoms with Crippen molar-refractivity contribution in [2.75, 3.05) is 0 Å². The van der Waals surface area contributed by atoms with Crippen molar-refractivity contribution in [3.63, 3.8) is 0 Å². The lowest BCUT2D eigenvalue weighted by Crippen LogP contribution is -2.13. The van der Waals surface area contributed by atoms with E-state index in [9.17, 15) is 29.4 Å². The number of aromatic hydroxyl groups is 1. The van der Waals surface area contributed by atoms with Crippen molar-refractivity contribution in [2.45, 2.75) is 0 Å². The van der Waals surface area contributed by atoms with Crippen molar-refractivity contribution in [3.8, 4) is 16.9 Å². The van der Waals surface area contributed by atoms with Gasteiger partial charge in [0.25, 0.3) is 0 Å². The van der Waals surface area contributed by atoms with Gasteiger partial charge in [0.2, 0.25) is 0 Å². The molecule has 0 saturated carbocycles. The van der Waals surface area contributed by atoms with Crippen LogP contribution in [0, 0.1) is 0 Å². The van der Waals surface area contributed by atoms with E-state index in [-0.39, 0.29) is 16.7 Å². The molecule has 0 saturated heterocycles. The number of benzene rings is 2. The molecule has 0 heterocycles. The van der Waals surface area contributed by atoms with Crippen LogP contribution in [0.3, 0.4) is 0 Å². The van der Waals surface area contributed by atoms with Crippen molar-refractivity contribution in [1.29, 1.82) is 0 Å². The molecule has 2 aromatic carbocycles. The number of carbonyl (C=O) groups is 4. The lowest BCUT2D eigenvalue weighted by molar-refractivity contribution is 0.0645. The fraction of sp³-hybridized carbons (Fsp3) is 0. The third kappa shape index (κ3) is 3.11. The summed E-state index contributed by atoms with van der Waals surface area (Å²) in [5.74, 6) is -7.56. The summed E-state index contributed by atoms with van der Waals surface area (Å²) in [6, 6.07) is 5.57. The van der Waals surface area contributed by atoms with E-state index in [1.807, 2.05) is 0 Å². The molecular weight excluding hydrogens is 336 g/mol. The number of phenols is 1. The number of hydrogen-bond donors (Lipinski definition) is 5. The van der Waals surface area contributed by atoms with Crippen LogP contribution in [0.2, 0.25) is 0 Å². The van der Waals surface area contributed by atoms with Crippen molar-refractivity contribution in [3.05, 3.63) is 52.6 Å². The molecule has 5 N–H and O–H groups in total. The highest BCUT2D eigenvalue weighted by Crippen LogP contribution is 2.36. The minimum Gasteiger partial charge on any atom is -0.506 e. The number of hydrogen-bond acceptors (Lipinski definition) is 5. The lowest BCUT2D eigenvalue weighted by Gasteiger charge is -2.13. The molecule has 0 radical (unpaired) electrons. The maximum Gasteiger partial charge on any atom is 0.340 e. The molecule has 0 aliphatic carbocycles. The van der Waals surface area contributed by atoms with E-state index in [1.165, 1.54) is 12.1 Å². The quantitative estimate of drug-likeness (QED) is 0.542. The minimum atomic E-state index is -1.80. The van der Waals surface area contributed by atoms with Gasteiger partial charge in [-0.2, -0.15) is 0 Å². The van der Waals surface area contributed by atoms with Gasteiger partial charge in [0, 0.05) is 5.56 Å². The Morgan fingerprint density at radius 3 is 1.60 bits per heavy atom. The van der Waals surface area contributed by atoms with Crippen molar-refractivity contribution < 1.29 is 44.7 Å². The van der Waals surface area contributed by atoms with Crippen LogP contribution in [-0.2, 0) is 0 Å². The Morgan fingerprint density at radius 1 is 0.680 bits per heavy atom. The standard InChI is InChI=1S/C16H10O9/c17-12-10(15(22)23)8(5-9(14(20)21)11(12)16(24)25)6-1-3-7(4-2-6)13(18)19/h1-5,17H,(H,18,19)(H,20,21)(H,22,23)(H,24,25). The van der Waals surface area contributed by atoms with E-state index in [1.54, 1.807) is 0 Å². The van der Waals surface area contributed by atoms with Gasteiger partial charge >= 0.3 is 23.9 Å². The molecule has 0 aliphatic heterocycles. The molecule has 0 atom stereocenters. The van der Waals surface area contributed by atoms with Gasteiger partial charge in [0.1, 0.15) is 16.9 Å². The zero-order valence-electron chi connectivity index (χ0n) is 12.3. The Bertz CT molecular complexity index is 910. The monoisotopic (exact) mass is 346 g/mol. The first-order valence-corrected chi connectivity index (χ1v) is 6.58. The van der Waals surface area contributed by atoms with E-state index in [0.717, 1.165) is 18.2 Å². The Hall–Kier alpha value is -3.88. The van der Waals surface area contributed by atoms with Crippen LogP contribution in [0.1, 0.15) is 41.4 Å². The van der Waals surface area contributed by atoms with Gasteiger partial charge in [0.05, 0.1) is 11.1 Å². The Kier molecular flexibility index (Phi) is 4.42. The van der Waals surface area contributed by atoms with Crippen LogP contribution in [0.25, 0.3) is 11.1 Å². The molecule has 2 rings (SSSR count). The van der Waals surface area contributed by atoms with Crippen molar-refractivity contribution in [1.82, 2.24) is 0 Å². The first kappa shape index (κ1) is 17.5. The molecule has 0 aliphatic rings. The maximum absolute atomic E-state index is 11.5. The number of rotatable bonds is 5. The fourth-order valence-electron chi connectivity index (χ4n) is 2.29. The topological polar surface area (TPSA) is 169 Å². The first-order valence-electron chi connectivity index (χ1n) is 6.58. The summed E-state index contributed by atoms with van der Waals surface area (Å²) in [4.78, 5) is 44.8. The molecule has 0 unspecified atom stereocenters. The summed E-state index contributed by atoms with van der Waals surface area (Å²) in [7, 11) is 0. The van der Waals surface area contributed by atoms with E-state index >= 15 is 0 Å². The Morgan fingerprint density at radius 2 is 1.20 bits per heavy atom. The van der Waals surface area contributed by atoms with Gasteiger partial charge in [-0.1, -0.05) is 12.1 Å². The molecule has 2 aromatic rings. The SMILES string of the molecule is O=C(O)c1ccc(-c2cc(C(=O)O)c(C(=O)O)c(O)c2C(=O)O)cc1. The number of aromatic carboxylic acids is 4. The van der Waals surface area contributed by atoms with Gasteiger partial charge in [-0.3, -0.25) is 0 Å². The third-order valence-corrected chi connectivity index (χ3v) is 3.40. The lowest BCUT2D eigenvalue weighted by atomic mass is 9.92. The third-order valence-electron chi connectivity index (χ3n) is 3.40. The second-order valence-corrected chi connectivity index (χ2v) is 4.87. The highest BCUT2D eigenvalue weighted by molar-refractivity contribution is 6.10. The molecule has 0 amide bonds. The van der Waals surface area contributed by atoms with Crippen LogP contribution in [0.5, 0.6) is 5.75 Å². The number of carboxylic acid groups (broad SMARTS) is 4. The van der Waals surface area contributed by atoms with Crippen molar-refractivity contribution in [2.24, 2.45) is 0 Å². The van der Waals surface area contributed by atoms with Gasteiger partial charge in [0.15, 0.2) is 0 Å². The van der Waals surface area contributed by atoms with Gasteiger partial charge in [-0.05, 0) is 23.8 Å². The van der Waals surface area contributed by atoms with Crippen LogP contribution >= 0.6 is 0 Å². The second-order valence-electron chi connectivity index (χ2n) is 4.87. The minimum absolute atomic E-state index is 0.0922. The molecule has 25 heavy (non-hydrogen) atoms. The zero-order chi connectivity index (χ0) is 18.9. The summed E-state index contributed by atoms with van der Waals surface area (Å²) in [6.45, 7) is 0. The second kappa shape index (κ2) is 6.32. The normalized spacial score (nSPS) is 10.2. The highest BCUT2D eigenvalue weighted by Gasteiger charge is 2.29. The van der Waals surface area contributed by atoms with Gasteiger partial charge < -0.3 is 25.5 Å². The molecule has 0 fully saturated rings. The van der Waals surface area contributed by atoms with E-state index in [0.29, 0.717) is 0 Å². The first-order chi connectivity index (χ1) is 11.6. The summed E-state index contributed by atoms with van der Waals surface area (Å²) in [6.07, 6.45) is 0. The van der Waals surface area contributed by atoms with Gasteiger partial charge in [-0.25, -0.2) is 19.2 Å². The van der Waals surface area contributed by atoms with Crippen molar-refractivity contribution >= 4 is 23.9 Å². The predicted octanol–water partition coefficient (Wildman–Crippen LogP) is 1.85. The average molecular weight is 346 g/mol. The fourth-order valence-corrected chi connectivity index (χ4v) is 2.29. The predicted molar refractivity (Wildman–Crippen MR) is 81.4 cm³/mol. The molecule has 0 spiro atoms. The van der Waals surface area contributed by atoms with Crippen LogP contribution in [-0.4, -0.2) is 49.4 Å². The zero-order valence-corrected chi connectivity index (χ0v) is 12.3. The number of carboxylic acids is 4. The maximum atomic E-state index is 11.5. The summed E-state index contributed by atoms with van der Waals surface area (Å²) in [5.41, 5.74) is -2.90. The summed E-state index contributed by atoms with van der Waals surface area (Å²) >= 11 is 0. The molecule has 9 nitrogen and oxygen atoms in total. The summed E-state index contributed by atoms with van der Waals surface area (Å²) < 4.78 is 0. The van der Waals surface area contributed by atoms with Crippen LogP contribution in [0.4, 0.5) is 0 Å². The average Bonchev–Trinajstić information content (AvgIpc) is 2.52. The molecule has 0 bridgehead atoms. The Labute approximate surface area is 139 Å².